The normalized spacial score (nSPS) is 25.5. The molecule has 4 heteroatoms. The molecule has 1 saturated carbocycles. The summed E-state index contributed by atoms with van der Waals surface area (Å²) in [5.41, 5.74) is -0.804. The highest BCUT2D eigenvalue weighted by Crippen LogP contribution is 2.40. The second kappa shape index (κ2) is 3.25. The SMILES string of the molecule is CC1(C)CCC(O)(C[N+](=O)[O-])CC1. The molecule has 1 N–H and O–H groups in total. The number of rotatable bonds is 2. The van der Waals surface area contributed by atoms with Crippen LogP contribution in [0.25, 0.3) is 0 Å². The topological polar surface area (TPSA) is 63.4 Å². The monoisotopic (exact) mass is 187 g/mol. The summed E-state index contributed by atoms with van der Waals surface area (Å²) in [4.78, 5) is 9.86. The van der Waals surface area contributed by atoms with Gasteiger partial charge in [-0.3, -0.25) is 10.1 Å². The predicted octanol–water partition coefficient (Wildman–Crippen LogP) is 1.59. The smallest absolute Gasteiger partial charge is 0.232 e. The molecule has 0 radical (unpaired) electrons. The van der Waals surface area contributed by atoms with E-state index in [-0.39, 0.29) is 12.0 Å². The van der Waals surface area contributed by atoms with Gasteiger partial charge in [-0.05, 0) is 31.1 Å². The predicted molar refractivity (Wildman–Crippen MR) is 49.1 cm³/mol. The lowest BCUT2D eigenvalue weighted by molar-refractivity contribution is -0.502. The molecule has 0 spiro atoms. The van der Waals surface area contributed by atoms with Gasteiger partial charge in [0.2, 0.25) is 6.54 Å². The number of aliphatic hydroxyl groups is 1. The lowest BCUT2D eigenvalue weighted by atomic mass is 9.71. The molecule has 0 aliphatic heterocycles. The largest absolute Gasteiger partial charge is 0.383 e. The van der Waals surface area contributed by atoms with Crippen molar-refractivity contribution in [2.24, 2.45) is 5.41 Å². The quantitative estimate of drug-likeness (QED) is 0.527. The van der Waals surface area contributed by atoms with Crippen LogP contribution in [0.1, 0.15) is 39.5 Å². The Morgan fingerprint density at radius 2 is 1.77 bits per heavy atom. The molecule has 1 aliphatic rings. The fourth-order valence-corrected chi connectivity index (χ4v) is 1.79. The van der Waals surface area contributed by atoms with Crippen molar-refractivity contribution in [1.82, 2.24) is 0 Å². The van der Waals surface area contributed by atoms with Crippen LogP contribution in [-0.2, 0) is 0 Å². The van der Waals surface area contributed by atoms with Gasteiger partial charge in [-0.15, -0.1) is 0 Å². The van der Waals surface area contributed by atoms with Crippen LogP contribution in [0.5, 0.6) is 0 Å². The number of hydrogen-bond donors (Lipinski definition) is 1. The zero-order valence-corrected chi connectivity index (χ0v) is 8.25. The van der Waals surface area contributed by atoms with Gasteiger partial charge in [0.15, 0.2) is 0 Å². The van der Waals surface area contributed by atoms with Gasteiger partial charge in [0.1, 0.15) is 5.60 Å². The Kier molecular flexibility index (Phi) is 2.61. The van der Waals surface area contributed by atoms with Crippen LogP contribution in [-0.4, -0.2) is 22.2 Å². The molecule has 0 atom stereocenters. The minimum absolute atomic E-state index is 0.239. The zero-order valence-electron chi connectivity index (χ0n) is 8.25. The third-order valence-corrected chi connectivity index (χ3v) is 2.96. The van der Waals surface area contributed by atoms with Crippen LogP contribution >= 0.6 is 0 Å². The third kappa shape index (κ3) is 2.95. The van der Waals surface area contributed by atoms with Gasteiger partial charge in [0.25, 0.3) is 0 Å². The molecule has 0 heterocycles. The maximum atomic E-state index is 10.3. The van der Waals surface area contributed by atoms with Crippen molar-refractivity contribution in [1.29, 1.82) is 0 Å². The molecular weight excluding hydrogens is 170 g/mol. The Balaban J connectivity index is 2.51. The van der Waals surface area contributed by atoms with Crippen molar-refractivity contribution in [3.05, 3.63) is 10.1 Å². The first-order chi connectivity index (χ1) is 5.83. The minimum atomic E-state index is -1.04. The molecule has 0 amide bonds. The highest BCUT2D eigenvalue weighted by Gasteiger charge is 2.40. The van der Waals surface area contributed by atoms with E-state index in [1.165, 1.54) is 0 Å². The van der Waals surface area contributed by atoms with E-state index in [4.69, 9.17) is 0 Å². The summed E-state index contributed by atoms with van der Waals surface area (Å²) in [7, 11) is 0. The van der Waals surface area contributed by atoms with Crippen molar-refractivity contribution in [3.63, 3.8) is 0 Å². The van der Waals surface area contributed by atoms with Crippen molar-refractivity contribution in [3.8, 4) is 0 Å². The van der Waals surface area contributed by atoms with Crippen molar-refractivity contribution in [2.45, 2.75) is 45.1 Å². The lowest BCUT2D eigenvalue weighted by Gasteiger charge is -2.37. The highest BCUT2D eigenvalue weighted by atomic mass is 16.6. The molecular formula is C9H17NO3. The molecule has 0 unspecified atom stereocenters. The second-order valence-corrected chi connectivity index (χ2v) is 4.88. The van der Waals surface area contributed by atoms with Crippen molar-refractivity contribution >= 4 is 0 Å². The van der Waals surface area contributed by atoms with Gasteiger partial charge in [-0.1, -0.05) is 13.8 Å². The average molecular weight is 187 g/mol. The second-order valence-electron chi connectivity index (χ2n) is 4.88. The van der Waals surface area contributed by atoms with Gasteiger partial charge in [0, 0.05) is 4.92 Å². The lowest BCUT2D eigenvalue weighted by Crippen LogP contribution is -2.42. The van der Waals surface area contributed by atoms with E-state index in [1.54, 1.807) is 0 Å². The Morgan fingerprint density at radius 3 is 2.15 bits per heavy atom. The van der Waals surface area contributed by atoms with Crippen LogP contribution in [0.3, 0.4) is 0 Å². The Labute approximate surface area is 78.1 Å². The van der Waals surface area contributed by atoms with Crippen molar-refractivity contribution < 1.29 is 10.0 Å². The van der Waals surface area contributed by atoms with Crippen molar-refractivity contribution in [2.75, 3.05) is 6.54 Å². The summed E-state index contributed by atoms with van der Waals surface area (Å²) in [6.07, 6.45) is 2.86. The first-order valence-corrected chi connectivity index (χ1v) is 4.67. The first-order valence-electron chi connectivity index (χ1n) is 4.67. The fourth-order valence-electron chi connectivity index (χ4n) is 1.79. The number of nitrogens with zero attached hydrogens (tertiary/aromatic N) is 1. The maximum Gasteiger partial charge on any atom is 0.232 e. The number of nitro groups is 1. The molecule has 4 nitrogen and oxygen atoms in total. The molecule has 1 fully saturated rings. The molecule has 0 aromatic rings. The van der Waals surface area contributed by atoms with Crippen LogP contribution in [0.15, 0.2) is 0 Å². The molecule has 0 saturated heterocycles. The Hall–Kier alpha value is -0.640. The van der Waals surface area contributed by atoms with Crippen LogP contribution in [0.4, 0.5) is 0 Å². The molecule has 76 valence electrons. The molecule has 0 bridgehead atoms. The summed E-state index contributed by atoms with van der Waals surface area (Å²) in [6, 6.07) is 0. The van der Waals surface area contributed by atoms with Gasteiger partial charge < -0.3 is 5.11 Å². The summed E-state index contributed by atoms with van der Waals surface area (Å²) >= 11 is 0. The average Bonchev–Trinajstić information content (AvgIpc) is 1.95. The third-order valence-electron chi connectivity index (χ3n) is 2.96. The Morgan fingerprint density at radius 1 is 1.31 bits per heavy atom. The van der Waals surface area contributed by atoms with Gasteiger partial charge in [0.05, 0.1) is 0 Å². The van der Waals surface area contributed by atoms with Gasteiger partial charge in [-0.2, -0.15) is 0 Å². The summed E-state index contributed by atoms with van der Waals surface area (Å²) in [5, 5.41) is 20.1. The molecule has 0 aromatic carbocycles. The van der Waals surface area contributed by atoms with Gasteiger partial charge >= 0.3 is 0 Å². The van der Waals surface area contributed by atoms with Gasteiger partial charge in [-0.25, -0.2) is 0 Å². The van der Waals surface area contributed by atoms with E-state index >= 15 is 0 Å². The highest BCUT2D eigenvalue weighted by molar-refractivity contribution is 4.88. The summed E-state index contributed by atoms with van der Waals surface area (Å²) in [6.45, 7) is 3.97. The first kappa shape index (κ1) is 10.4. The minimum Gasteiger partial charge on any atom is -0.383 e. The summed E-state index contributed by atoms with van der Waals surface area (Å²) in [5.74, 6) is 0. The summed E-state index contributed by atoms with van der Waals surface area (Å²) < 4.78 is 0. The van der Waals surface area contributed by atoms with E-state index in [2.05, 4.69) is 13.8 Å². The standard InChI is InChI=1S/C9H17NO3/c1-8(2)3-5-9(11,6-4-8)7-10(12)13/h11H,3-7H2,1-2H3. The molecule has 1 aliphatic carbocycles. The van der Waals surface area contributed by atoms with E-state index in [9.17, 15) is 15.2 Å². The molecule has 13 heavy (non-hydrogen) atoms. The Bertz CT molecular complexity index is 203. The maximum absolute atomic E-state index is 10.3. The zero-order chi connectivity index (χ0) is 10.1. The van der Waals surface area contributed by atoms with Crippen LogP contribution < -0.4 is 0 Å². The van der Waals surface area contributed by atoms with E-state index in [0.717, 1.165) is 12.8 Å². The van der Waals surface area contributed by atoms with E-state index < -0.39 is 10.5 Å². The molecule has 1 rings (SSSR count). The van der Waals surface area contributed by atoms with E-state index in [0.29, 0.717) is 12.8 Å². The number of hydrogen-bond acceptors (Lipinski definition) is 3. The fraction of sp³-hybridized carbons (Fsp3) is 1.00. The van der Waals surface area contributed by atoms with Crippen LogP contribution in [0, 0.1) is 15.5 Å². The molecule has 0 aromatic heterocycles. The van der Waals surface area contributed by atoms with Crippen LogP contribution in [0.2, 0.25) is 0 Å². The van der Waals surface area contributed by atoms with E-state index in [1.807, 2.05) is 0 Å².